The number of carbonyl (C=O) groups is 1. The van der Waals surface area contributed by atoms with Crippen LogP contribution in [0.15, 0.2) is 36.4 Å². The van der Waals surface area contributed by atoms with E-state index in [-0.39, 0.29) is 17.6 Å². The number of hydrogen-bond donors (Lipinski definition) is 1. The van der Waals surface area contributed by atoms with Gasteiger partial charge in [0.2, 0.25) is 0 Å². The molecule has 0 bridgehead atoms. The first-order valence-corrected chi connectivity index (χ1v) is 9.48. The highest BCUT2D eigenvalue weighted by molar-refractivity contribution is 5.81. The van der Waals surface area contributed by atoms with Crippen molar-refractivity contribution in [3.05, 3.63) is 58.7 Å². The number of carbonyl (C=O) groups excluding carboxylic acids is 1. The van der Waals surface area contributed by atoms with Gasteiger partial charge in [-0.3, -0.25) is 4.79 Å². The maximum atomic E-state index is 12.8. The number of amides is 1. The Morgan fingerprint density at radius 1 is 1.15 bits per heavy atom. The Morgan fingerprint density at radius 2 is 1.89 bits per heavy atom. The highest BCUT2D eigenvalue weighted by Gasteiger charge is 2.35. The third-order valence-corrected chi connectivity index (χ3v) is 5.10. The number of nitrogens with one attached hydrogen (secondary N) is 1. The van der Waals surface area contributed by atoms with E-state index in [1.807, 2.05) is 58.0 Å². The van der Waals surface area contributed by atoms with E-state index in [1.165, 1.54) is 5.56 Å². The second kappa shape index (κ2) is 7.26. The van der Waals surface area contributed by atoms with Gasteiger partial charge in [0.15, 0.2) is 6.10 Å². The Labute approximate surface area is 161 Å². The van der Waals surface area contributed by atoms with E-state index in [9.17, 15) is 4.79 Å². The standard InChI is InChI=1S/C23H29NO3/c1-14-7-10-19-20(13-23(5,6)27-21(19)11-14)24-22(25)17(4)26-18-9-8-15(2)16(3)12-18/h7-12,17,20H,13H2,1-6H3,(H,24,25)/t17-,20-/m0/s1. The van der Waals surface area contributed by atoms with Crippen molar-refractivity contribution in [1.82, 2.24) is 5.32 Å². The summed E-state index contributed by atoms with van der Waals surface area (Å²) in [5.41, 5.74) is 4.18. The zero-order valence-corrected chi connectivity index (χ0v) is 17.1. The Bertz CT molecular complexity index is 857. The van der Waals surface area contributed by atoms with Crippen LogP contribution in [0.25, 0.3) is 0 Å². The topological polar surface area (TPSA) is 47.6 Å². The van der Waals surface area contributed by atoms with Gasteiger partial charge in [-0.1, -0.05) is 18.2 Å². The molecule has 0 aliphatic carbocycles. The minimum Gasteiger partial charge on any atom is -0.487 e. The second-order valence-corrected chi connectivity index (χ2v) is 8.17. The molecule has 2 aromatic carbocycles. The largest absolute Gasteiger partial charge is 0.487 e. The average Bonchev–Trinajstić information content (AvgIpc) is 2.56. The molecule has 27 heavy (non-hydrogen) atoms. The van der Waals surface area contributed by atoms with Crippen molar-refractivity contribution in [2.75, 3.05) is 0 Å². The first-order chi connectivity index (χ1) is 12.6. The van der Waals surface area contributed by atoms with Gasteiger partial charge in [0.25, 0.3) is 5.91 Å². The van der Waals surface area contributed by atoms with Crippen molar-refractivity contribution in [1.29, 1.82) is 0 Å². The molecule has 1 amide bonds. The van der Waals surface area contributed by atoms with Crippen LogP contribution in [0.2, 0.25) is 0 Å². The molecule has 4 nitrogen and oxygen atoms in total. The van der Waals surface area contributed by atoms with Gasteiger partial charge < -0.3 is 14.8 Å². The lowest BCUT2D eigenvalue weighted by molar-refractivity contribution is -0.128. The van der Waals surface area contributed by atoms with Gasteiger partial charge in [-0.15, -0.1) is 0 Å². The maximum Gasteiger partial charge on any atom is 0.261 e. The van der Waals surface area contributed by atoms with Gasteiger partial charge in [0.05, 0.1) is 6.04 Å². The molecule has 1 heterocycles. The van der Waals surface area contributed by atoms with Crippen LogP contribution in [-0.4, -0.2) is 17.6 Å². The summed E-state index contributed by atoms with van der Waals surface area (Å²) in [6, 6.07) is 11.9. The lowest BCUT2D eigenvalue weighted by atomic mass is 9.89. The summed E-state index contributed by atoms with van der Waals surface area (Å²) in [5.74, 6) is 1.44. The number of rotatable bonds is 4. The van der Waals surface area contributed by atoms with Crippen LogP contribution in [0.3, 0.4) is 0 Å². The molecule has 0 unspecified atom stereocenters. The molecule has 0 aromatic heterocycles. The molecule has 1 aliphatic heterocycles. The van der Waals surface area contributed by atoms with E-state index in [0.717, 1.165) is 22.4 Å². The molecule has 144 valence electrons. The number of ether oxygens (including phenoxy) is 2. The fraction of sp³-hybridized carbons (Fsp3) is 0.435. The molecule has 4 heteroatoms. The number of hydrogen-bond acceptors (Lipinski definition) is 3. The van der Waals surface area contributed by atoms with Gasteiger partial charge in [0, 0.05) is 12.0 Å². The lowest BCUT2D eigenvalue weighted by Crippen LogP contribution is -2.44. The minimum absolute atomic E-state index is 0.0948. The summed E-state index contributed by atoms with van der Waals surface area (Å²) in [6.45, 7) is 12.0. The number of benzene rings is 2. The van der Waals surface area contributed by atoms with Crippen LogP contribution < -0.4 is 14.8 Å². The first kappa shape index (κ1) is 19.3. The van der Waals surface area contributed by atoms with Crippen LogP contribution in [0, 0.1) is 20.8 Å². The Balaban J connectivity index is 1.74. The fourth-order valence-corrected chi connectivity index (χ4v) is 3.42. The molecule has 2 atom stereocenters. The smallest absolute Gasteiger partial charge is 0.261 e. The zero-order chi connectivity index (χ0) is 19.8. The molecule has 1 aliphatic rings. The third-order valence-electron chi connectivity index (χ3n) is 5.10. The van der Waals surface area contributed by atoms with Gasteiger partial charge in [-0.25, -0.2) is 0 Å². The lowest BCUT2D eigenvalue weighted by Gasteiger charge is -2.38. The van der Waals surface area contributed by atoms with Crippen LogP contribution in [0.1, 0.15) is 55.5 Å². The van der Waals surface area contributed by atoms with Crippen LogP contribution >= 0.6 is 0 Å². The molecular weight excluding hydrogens is 338 g/mol. The molecular formula is C23H29NO3. The fourth-order valence-electron chi connectivity index (χ4n) is 3.42. The van der Waals surface area contributed by atoms with Gasteiger partial charge in [0.1, 0.15) is 17.1 Å². The molecule has 0 radical (unpaired) electrons. The third kappa shape index (κ3) is 4.44. The van der Waals surface area contributed by atoms with E-state index >= 15 is 0 Å². The summed E-state index contributed by atoms with van der Waals surface area (Å²) < 4.78 is 12.0. The summed E-state index contributed by atoms with van der Waals surface area (Å²) in [6.07, 6.45) is 0.137. The summed E-state index contributed by atoms with van der Waals surface area (Å²) in [4.78, 5) is 12.8. The molecule has 0 saturated heterocycles. The van der Waals surface area contributed by atoms with Crippen LogP contribution in [0.4, 0.5) is 0 Å². The summed E-state index contributed by atoms with van der Waals surface area (Å²) in [5, 5.41) is 3.15. The maximum absolute atomic E-state index is 12.8. The van der Waals surface area contributed by atoms with Crippen LogP contribution in [-0.2, 0) is 4.79 Å². The zero-order valence-electron chi connectivity index (χ0n) is 17.1. The van der Waals surface area contributed by atoms with Gasteiger partial charge in [-0.05, 0) is 76.4 Å². The monoisotopic (exact) mass is 367 g/mol. The number of aryl methyl sites for hydroxylation is 3. The van der Waals surface area contributed by atoms with Gasteiger partial charge in [-0.2, -0.15) is 0 Å². The SMILES string of the molecule is Cc1ccc2c(c1)OC(C)(C)C[C@@H]2NC(=O)[C@H](C)Oc1ccc(C)c(C)c1. The van der Waals surface area contributed by atoms with Crippen molar-refractivity contribution < 1.29 is 14.3 Å². The van der Waals surface area contributed by atoms with Crippen molar-refractivity contribution in [3.63, 3.8) is 0 Å². The molecule has 0 fully saturated rings. The quantitative estimate of drug-likeness (QED) is 0.844. The average molecular weight is 367 g/mol. The van der Waals surface area contributed by atoms with Crippen molar-refractivity contribution in [2.24, 2.45) is 0 Å². The van der Waals surface area contributed by atoms with E-state index < -0.39 is 6.10 Å². The van der Waals surface area contributed by atoms with Crippen LogP contribution in [0.5, 0.6) is 11.5 Å². The van der Waals surface area contributed by atoms with E-state index in [4.69, 9.17) is 9.47 Å². The Kier molecular flexibility index (Phi) is 5.18. The first-order valence-electron chi connectivity index (χ1n) is 9.48. The van der Waals surface area contributed by atoms with E-state index in [2.05, 4.69) is 18.3 Å². The Hall–Kier alpha value is -2.49. The normalized spacial score (nSPS) is 18.8. The molecule has 3 rings (SSSR count). The summed E-state index contributed by atoms with van der Waals surface area (Å²) in [7, 11) is 0. The highest BCUT2D eigenvalue weighted by Crippen LogP contribution is 2.40. The molecule has 1 N–H and O–H groups in total. The van der Waals surface area contributed by atoms with Crippen molar-refractivity contribution in [2.45, 2.75) is 65.7 Å². The second-order valence-electron chi connectivity index (χ2n) is 8.17. The predicted octanol–water partition coefficient (Wildman–Crippen LogP) is 4.80. The highest BCUT2D eigenvalue weighted by atomic mass is 16.5. The van der Waals surface area contributed by atoms with Gasteiger partial charge >= 0.3 is 0 Å². The molecule has 0 saturated carbocycles. The summed E-state index contributed by atoms with van der Waals surface area (Å²) >= 11 is 0. The van der Waals surface area contributed by atoms with E-state index in [0.29, 0.717) is 12.2 Å². The minimum atomic E-state index is -0.577. The van der Waals surface area contributed by atoms with Crippen molar-refractivity contribution >= 4 is 5.91 Å². The molecule has 2 aromatic rings. The molecule has 0 spiro atoms. The number of fused-ring (bicyclic) bond motifs is 1. The van der Waals surface area contributed by atoms with Crippen molar-refractivity contribution in [3.8, 4) is 11.5 Å². The van der Waals surface area contributed by atoms with E-state index in [1.54, 1.807) is 6.92 Å². The Morgan fingerprint density at radius 3 is 2.59 bits per heavy atom. The predicted molar refractivity (Wildman–Crippen MR) is 107 cm³/mol.